The lowest BCUT2D eigenvalue weighted by Crippen LogP contribution is -2.20. The normalized spacial score (nSPS) is 10.0. The number of hydrogen-bond acceptors (Lipinski definition) is 2. The first-order chi connectivity index (χ1) is 9.06. The van der Waals surface area contributed by atoms with Gasteiger partial charge in [-0.25, -0.2) is 4.79 Å². The molecule has 0 saturated heterocycles. The van der Waals surface area contributed by atoms with Gasteiger partial charge in [-0.05, 0) is 42.8 Å². The van der Waals surface area contributed by atoms with Gasteiger partial charge in [0, 0.05) is 22.1 Å². The van der Waals surface area contributed by atoms with Gasteiger partial charge < -0.3 is 16.4 Å². The molecule has 0 radical (unpaired) electrons. The molecule has 0 bridgehead atoms. The second-order valence-corrected chi connectivity index (χ2v) is 4.55. The van der Waals surface area contributed by atoms with Gasteiger partial charge in [-0.1, -0.05) is 23.7 Å². The summed E-state index contributed by atoms with van der Waals surface area (Å²) in [7, 11) is 0. The number of amides is 2. The molecule has 0 unspecified atom stereocenters. The summed E-state index contributed by atoms with van der Waals surface area (Å²) in [6.45, 7) is 1.85. The maximum atomic E-state index is 11.9. The van der Waals surface area contributed by atoms with Crippen LogP contribution in [0.2, 0.25) is 5.02 Å². The zero-order valence-electron chi connectivity index (χ0n) is 10.4. The first-order valence-corrected chi connectivity index (χ1v) is 6.13. The fourth-order valence-electron chi connectivity index (χ4n) is 1.64. The average Bonchev–Trinajstić information content (AvgIpc) is 2.35. The van der Waals surface area contributed by atoms with Crippen LogP contribution in [-0.2, 0) is 0 Å². The molecule has 0 aliphatic rings. The molecule has 0 aliphatic carbocycles. The van der Waals surface area contributed by atoms with E-state index in [4.69, 9.17) is 17.3 Å². The number of carbonyl (C=O) groups excluding carboxylic acids is 1. The van der Waals surface area contributed by atoms with E-state index in [-0.39, 0.29) is 6.03 Å². The lowest BCUT2D eigenvalue weighted by molar-refractivity contribution is 0.262. The van der Waals surface area contributed by atoms with Crippen LogP contribution >= 0.6 is 11.6 Å². The molecule has 0 saturated carbocycles. The van der Waals surface area contributed by atoms with Crippen LogP contribution in [0.3, 0.4) is 0 Å². The van der Waals surface area contributed by atoms with Gasteiger partial charge in [0.25, 0.3) is 0 Å². The van der Waals surface area contributed by atoms with Crippen LogP contribution in [0.4, 0.5) is 21.9 Å². The van der Waals surface area contributed by atoms with E-state index in [2.05, 4.69) is 10.6 Å². The van der Waals surface area contributed by atoms with Crippen molar-refractivity contribution in [1.29, 1.82) is 0 Å². The van der Waals surface area contributed by atoms with E-state index in [1.165, 1.54) is 0 Å². The largest absolute Gasteiger partial charge is 0.398 e. The number of carbonyl (C=O) groups is 1. The third-order valence-electron chi connectivity index (χ3n) is 2.71. The highest BCUT2D eigenvalue weighted by Crippen LogP contribution is 2.21. The molecule has 2 rings (SSSR count). The third-order valence-corrected chi connectivity index (χ3v) is 2.94. The summed E-state index contributed by atoms with van der Waals surface area (Å²) in [6, 6.07) is 12.0. The highest BCUT2D eigenvalue weighted by Gasteiger charge is 2.06. The van der Waals surface area contributed by atoms with Gasteiger partial charge in [0.05, 0.1) is 0 Å². The minimum absolute atomic E-state index is 0.337. The average molecular weight is 276 g/mol. The molecule has 5 heteroatoms. The van der Waals surface area contributed by atoms with E-state index in [1.54, 1.807) is 42.5 Å². The quantitative estimate of drug-likeness (QED) is 0.728. The molecular weight excluding hydrogens is 262 g/mol. The molecule has 0 aromatic heterocycles. The van der Waals surface area contributed by atoms with Crippen LogP contribution in [0.5, 0.6) is 0 Å². The molecule has 0 heterocycles. The summed E-state index contributed by atoms with van der Waals surface area (Å²) in [6.07, 6.45) is 0. The van der Waals surface area contributed by atoms with Crippen molar-refractivity contribution in [2.45, 2.75) is 6.92 Å². The number of nitrogen functional groups attached to an aromatic ring is 1. The molecule has 2 aromatic rings. The molecule has 4 nitrogen and oxygen atoms in total. The van der Waals surface area contributed by atoms with Crippen LogP contribution in [0, 0.1) is 6.92 Å². The Bertz CT molecular complexity index is 613. The Morgan fingerprint density at radius 1 is 1.16 bits per heavy atom. The monoisotopic (exact) mass is 275 g/mol. The molecule has 0 aliphatic heterocycles. The highest BCUT2D eigenvalue weighted by atomic mass is 35.5. The molecule has 98 valence electrons. The number of urea groups is 1. The minimum Gasteiger partial charge on any atom is -0.398 e. The second-order valence-electron chi connectivity index (χ2n) is 4.11. The van der Waals surface area contributed by atoms with Gasteiger partial charge in [0.2, 0.25) is 0 Å². The SMILES string of the molecule is Cc1c(N)cccc1NC(=O)Nc1cccc(Cl)c1. The summed E-state index contributed by atoms with van der Waals surface area (Å²) in [4.78, 5) is 11.9. The fourth-order valence-corrected chi connectivity index (χ4v) is 1.83. The second kappa shape index (κ2) is 5.63. The van der Waals surface area contributed by atoms with Crippen molar-refractivity contribution in [3.8, 4) is 0 Å². The summed E-state index contributed by atoms with van der Waals surface area (Å²) < 4.78 is 0. The van der Waals surface area contributed by atoms with Crippen LogP contribution in [-0.4, -0.2) is 6.03 Å². The van der Waals surface area contributed by atoms with Gasteiger partial charge in [0.1, 0.15) is 0 Å². The van der Waals surface area contributed by atoms with Crippen LogP contribution in [0.15, 0.2) is 42.5 Å². The number of hydrogen-bond donors (Lipinski definition) is 3. The fraction of sp³-hybridized carbons (Fsp3) is 0.0714. The van der Waals surface area contributed by atoms with Crippen molar-refractivity contribution in [3.05, 3.63) is 53.1 Å². The number of nitrogens with two attached hydrogens (primary N) is 1. The van der Waals surface area contributed by atoms with E-state index in [0.29, 0.717) is 22.1 Å². The van der Waals surface area contributed by atoms with Crippen molar-refractivity contribution in [1.82, 2.24) is 0 Å². The van der Waals surface area contributed by atoms with Gasteiger partial charge in [-0.15, -0.1) is 0 Å². The molecule has 2 amide bonds. The molecule has 4 N–H and O–H groups in total. The zero-order valence-corrected chi connectivity index (χ0v) is 11.2. The summed E-state index contributed by atoms with van der Waals surface area (Å²) in [5, 5.41) is 6.02. The van der Waals surface area contributed by atoms with E-state index in [0.717, 1.165) is 5.56 Å². The number of halogens is 1. The molecule has 0 fully saturated rings. The Morgan fingerprint density at radius 3 is 2.63 bits per heavy atom. The number of nitrogens with one attached hydrogen (secondary N) is 2. The maximum absolute atomic E-state index is 11.9. The third kappa shape index (κ3) is 3.39. The maximum Gasteiger partial charge on any atom is 0.323 e. The first kappa shape index (κ1) is 13.2. The van der Waals surface area contributed by atoms with Crippen LogP contribution < -0.4 is 16.4 Å². The van der Waals surface area contributed by atoms with E-state index in [1.807, 2.05) is 6.92 Å². The molecule has 19 heavy (non-hydrogen) atoms. The minimum atomic E-state index is -0.337. The van der Waals surface area contributed by atoms with E-state index < -0.39 is 0 Å². The Labute approximate surface area is 116 Å². The van der Waals surface area contributed by atoms with Crippen molar-refractivity contribution in [2.75, 3.05) is 16.4 Å². The Morgan fingerprint density at radius 2 is 1.89 bits per heavy atom. The van der Waals surface area contributed by atoms with Gasteiger partial charge >= 0.3 is 6.03 Å². The molecular formula is C14H14ClN3O. The van der Waals surface area contributed by atoms with Gasteiger partial charge in [-0.2, -0.15) is 0 Å². The Hall–Kier alpha value is -2.20. The lowest BCUT2D eigenvalue weighted by Gasteiger charge is -2.11. The van der Waals surface area contributed by atoms with Crippen LogP contribution in [0.25, 0.3) is 0 Å². The highest BCUT2D eigenvalue weighted by molar-refractivity contribution is 6.30. The Kier molecular flexibility index (Phi) is 3.92. The van der Waals surface area contributed by atoms with Crippen molar-refractivity contribution >= 4 is 34.7 Å². The van der Waals surface area contributed by atoms with Gasteiger partial charge in [0.15, 0.2) is 0 Å². The first-order valence-electron chi connectivity index (χ1n) is 5.75. The standard InChI is InChI=1S/C14H14ClN3O/c1-9-12(16)6-3-7-13(9)18-14(19)17-11-5-2-4-10(15)8-11/h2-8H,16H2,1H3,(H2,17,18,19). The van der Waals surface area contributed by atoms with E-state index >= 15 is 0 Å². The summed E-state index contributed by atoms with van der Waals surface area (Å²) >= 11 is 5.85. The number of anilines is 3. The van der Waals surface area contributed by atoms with E-state index in [9.17, 15) is 4.79 Å². The Balaban J connectivity index is 2.08. The molecule has 2 aromatic carbocycles. The smallest absolute Gasteiger partial charge is 0.323 e. The number of rotatable bonds is 2. The molecule has 0 spiro atoms. The predicted octanol–water partition coefficient (Wildman–Crippen LogP) is 3.87. The van der Waals surface area contributed by atoms with Gasteiger partial charge in [-0.3, -0.25) is 0 Å². The number of benzene rings is 2. The summed E-state index contributed by atoms with van der Waals surface area (Å²) in [5.74, 6) is 0. The lowest BCUT2D eigenvalue weighted by atomic mass is 10.1. The van der Waals surface area contributed by atoms with Crippen molar-refractivity contribution in [2.24, 2.45) is 0 Å². The topological polar surface area (TPSA) is 67.1 Å². The summed E-state index contributed by atoms with van der Waals surface area (Å²) in [5.41, 5.74) is 8.57. The van der Waals surface area contributed by atoms with Crippen LogP contribution in [0.1, 0.15) is 5.56 Å². The van der Waals surface area contributed by atoms with Crippen molar-refractivity contribution in [3.63, 3.8) is 0 Å². The molecule has 0 atom stereocenters. The zero-order chi connectivity index (χ0) is 13.8. The van der Waals surface area contributed by atoms with Crippen molar-refractivity contribution < 1.29 is 4.79 Å². The predicted molar refractivity (Wildman–Crippen MR) is 79.7 cm³/mol.